The Morgan fingerprint density at radius 3 is 2.61 bits per heavy atom. The third-order valence-electron chi connectivity index (χ3n) is 2.34. The number of thioether (sulfide) groups is 1. The summed E-state index contributed by atoms with van der Waals surface area (Å²) in [5.41, 5.74) is 1.34. The van der Waals surface area contributed by atoms with Crippen molar-refractivity contribution in [1.29, 1.82) is 0 Å². The quantitative estimate of drug-likeness (QED) is 0.768. The van der Waals surface area contributed by atoms with Gasteiger partial charge in [0.1, 0.15) is 0 Å². The molecule has 0 spiro atoms. The van der Waals surface area contributed by atoms with Crippen LogP contribution in [0.25, 0.3) is 11.0 Å². The number of nitrogens with zero attached hydrogens (tertiary/aromatic N) is 2. The smallest absolute Gasteiger partial charge is 0.327 e. The maximum Gasteiger partial charge on any atom is 0.327 e. The van der Waals surface area contributed by atoms with E-state index in [1.807, 2.05) is 12.1 Å². The molecule has 6 nitrogen and oxygen atoms in total. The Balaban J connectivity index is 2.57. The van der Waals surface area contributed by atoms with Gasteiger partial charge in [-0.25, -0.2) is 14.3 Å². The summed E-state index contributed by atoms with van der Waals surface area (Å²) in [5, 5.41) is 5.09. The Labute approximate surface area is 108 Å². The first kappa shape index (κ1) is 12.4. The predicted octanol–water partition coefficient (Wildman–Crippen LogP) is 1.66. The molecule has 0 aliphatic rings. The Morgan fingerprint density at radius 1 is 1.22 bits per heavy atom. The maximum atomic E-state index is 11.8. The highest BCUT2D eigenvalue weighted by atomic mass is 32.2. The maximum absolute atomic E-state index is 11.8. The van der Waals surface area contributed by atoms with E-state index in [0.29, 0.717) is 16.2 Å². The Bertz CT molecular complexity index is 608. The second kappa shape index (κ2) is 5.09. The Morgan fingerprint density at radius 2 is 1.94 bits per heavy atom. The zero-order valence-electron chi connectivity index (χ0n) is 9.93. The summed E-state index contributed by atoms with van der Waals surface area (Å²) < 4.78 is 1.38. The van der Waals surface area contributed by atoms with Crippen molar-refractivity contribution in [2.24, 2.45) is 0 Å². The molecule has 1 heterocycles. The third-order valence-corrected chi connectivity index (χ3v) is 3.18. The van der Waals surface area contributed by atoms with Crippen LogP contribution in [0, 0.1) is 0 Å². The van der Waals surface area contributed by atoms with Gasteiger partial charge in [-0.15, -0.1) is 0 Å². The number of benzene rings is 1. The van der Waals surface area contributed by atoms with Gasteiger partial charge in [-0.3, -0.25) is 4.79 Å². The van der Waals surface area contributed by atoms with Gasteiger partial charge in [-0.2, -0.15) is 0 Å². The van der Waals surface area contributed by atoms with Gasteiger partial charge in [0.05, 0.1) is 11.0 Å². The SMILES string of the molecule is CNC(=O)Sc1nc2ccccc2n1C(=O)NC. The molecule has 2 N–H and O–H groups in total. The van der Waals surface area contributed by atoms with Crippen molar-refractivity contribution in [1.82, 2.24) is 20.2 Å². The number of imidazole rings is 1. The molecular weight excluding hydrogens is 252 g/mol. The Kier molecular flexibility index (Phi) is 3.52. The minimum absolute atomic E-state index is 0.268. The van der Waals surface area contributed by atoms with Crippen LogP contribution in [0.1, 0.15) is 0 Å². The molecule has 0 saturated heterocycles. The monoisotopic (exact) mass is 264 g/mol. The first-order valence-electron chi connectivity index (χ1n) is 5.26. The van der Waals surface area contributed by atoms with Gasteiger partial charge in [0.15, 0.2) is 5.16 Å². The van der Waals surface area contributed by atoms with E-state index < -0.39 is 0 Å². The largest absolute Gasteiger partial charge is 0.350 e. The number of carbonyl (C=O) groups excluding carboxylic acids is 2. The summed E-state index contributed by atoms with van der Waals surface area (Å²) >= 11 is 0.881. The minimum Gasteiger partial charge on any atom is -0.350 e. The number of amides is 2. The van der Waals surface area contributed by atoms with Crippen molar-refractivity contribution in [3.8, 4) is 0 Å². The molecule has 0 unspecified atom stereocenters. The van der Waals surface area contributed by atoms with Crippen molar-refractivity contribution < 1.29 is 9.59 Å². The van der Waals surface area contributed by atoms with Gasteiger partial charge in [-0.1, -0.05) is 12.1 Å². The van der Waals surface area contributed by atoms with Crippen molar-refractivity contribution in [3.05, 3.63) is 24.3 Å². The van der Waals surface area contributed by atoms with E-state index in [1.165, 1.54) is 18.7 Å². The van der Waals surface area contributed by atoms with E-state index in [4.69, 9.17) is 0 Å². The van der Waals surface area contributed by atoms with E-state index in [2.05, 4.69) is 15.6 Å². The van der Waals surface area contributed by atoms with Crippen molar-refractivity contribution in [2.45, 2.75) is 5.16 Å². The normalized spacial score (nSPS) is 10.3. The van der Waals surface area contributed by atoms with Gasteiger partial charge in [0, 0.05) is 25.9 Å². The lowest BCUT2D eigenvalue weighted by molar-refractivity contribution is 0.243. The number of nitrogens with one attached hydrogen (secondary N) is 2. The number of fused-ring (bicyclic) bond motifs is 1. The van der Waals surface area contributed by atoms with Crippen molar-refractivity contribution in [3.63, 3.8) is 0 Å². The van der Waals surface area contributed by atoms with E-state index in [9.17, 15) is 9.59 Å². The molecule has 1 aromatic heterocycles. The van der Waals surface area contributed by atoms with Crippen LogP contribution in [0.2, 0.25) is 0 Å². The minimum atomic E-state index is -0.324. The molecule has 94 valence electrons. The number of hydrogen-bond acceptors (Lipinski definition) is 4. The summed E-state index contributed by atoms with van der Waals surface area (Å²) in [6.07, 6.45) is 0. The zero-order chi connectivity index (χ0) is 13.1. The summed E-state index contributed by atoms with van der Waals surface area (Å²) in [7, 11) is 3.06. The van der Waals surface area contributed by atoms with E-state index in [-0.39, 0.29) is 11.3 Å². The molecule has 1 aromatic carbocycles. The van der Waals surface area contributed by atoms with Crippen LogP contribution >= 0.6 is 11.8 Å². The average molecular weight is 264 g/mol. The molecule has 0 radical (unpaired) electrons. The zero-order valence-corrected chi connectivity index (χ0v) is 10.7. The molecular formula is C11H12N4O2S. The molecule has 0 atom stereocenters. The fourth-order valence-electron chi connectivity index (χ4n) is 1.51. The van der Waals surface area contributed by atoms with E-state index in [1.54, 1.807) is 12.1 Å². The van der Waals surface area contributed by atoms with Gasteiger partial charge >= 0.3 is 6.03 Å². The topological polar surface area (TPSA) is 76.0 Å². The summed E-state index contributed by atoms with van der Waals surface area (Å²) in [6.45, 7) is 0. The summed E-state index contributed by atoms with van der Waals surface area (Å²) in [4.78, 5) is 27.5. The lowest BCUT2D eigenvalue weighted by Crippen LogP contribution is -2.25. The van der Waals surface area contributed by atoms with Gasteiger partial charge in [-0.05, 0) is 12.1 Å². The number of hydrogen-bond donors (Lipinski definition) is 2. The molecule has 18 heavy (non-hydrogen) atoms. The molecule has 7 heteroatoms. The number of aromatic nitrogens is 2. The van der Waals surface area contributed by atoms with E-state index >= 15 is 0 Å². The molecule has 0 bridgehead atoms. The van der Waals surface area contributed by atoms with Crippen LogP contribution in [-0.4, -0.2) is 34.9 Å². The summed E-state index contributed by atoms with van der Waals surface area (Å²) in [6, 6.07) is 6.90. The molecule has 0 saturated carbocycles. The molecule has 2 rings (SSSR count). The van der Waals surface area contributed by atoms with Crippen LogP contribution in [0.3, 0.4) is 0 Å². The van der Waals surface area contributed by atoms with Crippen LogP contribution in [0.4, 0.5) is 9.59 Å². The highest BCUT2D eigenvalue weighted by Crippen LogP contribution is 2.23. The molecule has 2 aromatic rings. The molecule has 0 aliphatic carbocycles. The van der Waals surface area contributed by atoms with Gasteiger partial charge < -0.3 is 10.6 Å². The lowest BCUT2D eigenvalue weighted by Gasteiger charge is -2.05. The molecule has 0 aliphatic heterocycles. The molecule has 2 amide bonds. The van der Waals surface area contributed by atoms with Crippen molar-refractivity contribution in [2.75, 3.05) is 14.1 Å². The van der Waals surface area contributed by atoms with Crippen LogP contribution in [-0.2, 0) is 0 Å². The number of para-hydroxylation sites is 2. The second-order valence-electron chi connectivity index (χ2n) is 3.41. The lowest BCUT2D eigenvalue weighted by atomic mass is 10.3. The first-order chi connectivity index (χ1) is 8.67. The third kappa shape index (κ3) is 2.17. The van der Waals surface area contributed by atoms with Gasteiger partial charge in [0.2, 0.25) is 0 Å². The van der Waals surface area contributed by atoms with E-state index in [0.717, 1.165) is 11.8 Å². The fourth-order valence-corrected chi connectivity index (χ4v) is 2.20. The fraction of sp³-hybridized carbons (Fsp3) is 0.182. The van der Waals surface area contributed by atoms with Crippen LogP contribution < -0.4 is 10.6 Å². The Hall–Kier alpha value is -2.02. The number of carbonyl (C=O) groups is 2. The van der Waals surface area contributed by atoms with Crippen molar-refractivity contribution >= 4 is 34.1 Å². The van der Waals surface area contributed by atoms with Crippen LogP contribution in [0.5, 0.6) is 0 Å². The molecule has 0 fully saturated rings. The summed E-state index contributed by atoms with van der Waals surface area (Å²) in [5.74, 6) is 0. The number of rotatable bonds is 1. The standard InChI is InChI=1S/C11H12N4O2S/c1-12-9(16)15-8-6-4-3-5-7(8)14-10(15)18-11(17)13-2/h3-6H,1-2H3,(H,12,16)(H,13,17). The highest BCUT2D eigenvalue weighted by Gasteiger charge is 2.18. The first-order valence-corrected chi connectivity index (χ1v) is 6.08. The van der Waals surface area contributed by atoms with Gasteiger partial charge in [0.25, 0.3) is 5.24 Å². The predicted molar refractivity (Wildman–Crippen MR) is 69.9 cm³/mol. The average Bonchev–Trinajstić information content (AvgIpc) is 2.75. The highest BCUT2D eigenvalue weighted by molar-refractivity contribution is 8.13. The van der Waals surface area contributed by atoms with Crippen LogP contribution in [0.15, 0.2) is 29.4 Å². The second-order valence-corrected chi connectivity index (χ2v) is 4.35.